The molecule has 13 heteroatoms. The SMILES string of the molecule is COc1c2c(c(O)c3c4c(c(C)cc13)C1OC3(COP(=O)(O)O)OC1[C@@](CO)(O4)[C@@]31CO1)C(=O)CCC2. The highest BCUT2D eigenvalue weighted by Gasteiger charge is 2.90. The fourth-order valence-electron chi connectivity index (χ4n) is 6.86. The summed E-state index contributed by atoms with van der Waals surface area (Å²) in [7, 11) is -3.38. The number of rotatable bonds is 5. The molecule has 5 aliphatic rings. The van der Waals surface area contributed by atoms with Crippen molar-refractivity contribution in [2.75, 3.05) is 26.9 Å². The van der Waals surface area contributed by atoms with E-state index in [0.717, 1.165) is 0 Å². The maximum absolute atomic E-state index is 12.9. The first-order chi connectivity index (χ1) is 17.5. The third-order valence-electron chi connectivity index (χ3n) is 8.46. The lowest BCUT2D eigenvalue weighted by molar-refractivity contribution is -0.240. The zero-order valence-electron chi connectivity index (χ0n) is 20.0. The molecule has 0 saturated carbocycles. The third-order valence-corrected chi connectivity index (χ3v) is 8.93. The van der Waals surface area contributed by atoms with Crippen LogP contribution in [0.5, 0.6) is 17.2 Å². The highest BCUT2D eigenvalue weighted by molar-refractivity contribution is 7.46. The number of aromatic hydroxyl groups is 1. The summed E-state index contributed by atoms with van der Waals surface area (Å²) in [6.45, 7) is 0.611. The maximum atomic E-state index is 12.9. The Morgan fingerprint density at radius 2 is 2.00 bits per heavy atom. The average Bonchev–Trinajstić information content (AvgIpc) is 3.51. The van der Waals surface area contributed by atoms with E-state index in [1.54, 1.807) is 0 Å². The summed E-state index contributed by atoms with van der Waals surface area (Å²) >= 11 is 0. The number of phenols is 1. The summed E-state index contributed by atoms with van der Waals surface area (Å²) in [6.07, 6.45) is -0.216. The van der Waals surface area contributed by atoms with E-state index in [9.17, 15) is 29.4 Å². The van der Waals surface area contributed by atoms with Gasteiger partial charge >= 0.3 is 7.82 Å². The number of hydrogen-bond donors (Lipinski definition) is 4. The summed E-state index contributed by atoms with van der Waals surface area (Å²) in [5, 5.41) is 23.0. The number of carbonyl (C=O) groups is 1. The number of ether oxygens (including phenoxy) is 5. The molecule has 4 N–H and O–H groups in total. The number of hydrogen-bond acceptors (Lipinski definition) is 10. The van der Waals surface area contributed by atoms with Gasteiger partial charge in [-0.05, 0) is 31.4 Å². The molecule has 12 nitrogen and oxygen atoms in total. The number of ketones is 1. The molecular weight excluding hydrogens is 511 g/mol. The predicted molar refractivity (Wildman–Crippen MR) is 123 cm³/mol. The molecule has 3 unspecified atom stereocenters. The van der Waals surface area contributed by atoms with Crippen molar-refractivity contribution >= 4 is 24.4 Å². The molecule has 2 bridgehead atoms. The van der Waals surface area contributed by atoms with E-state index >= 15 is 0 Å². The number of phenolic OH excluding ortho intramolecular Hbond substituents is 1. The Morgan fingerprint density at radius 3 is 2.65 bits per heavy atom. The second-order valence-electron chi connectivity index (χ2n) is 10.2. The molecule has 7 rings (SSSR count). The molecular formula is C24H25O12P. The molecule has 2 aromatic carbocycles. The Bertz CT molecular complexity index is 1440. The molecule has 198 valence electrons. The maximum Gasteiger partial charge on any atom is 0.469 e. The summed E-state index contributed by atoms with van der Waals surface area (Å²) in [5.41, 5.74) is -0.857. The van der Waals surface area contributed by atoms with Gasteiger partial charge in [-0.15, -0.1) is 0 Å². The standard InChI is InChI=1S/C24H25O12P/c1-10-6-12-16(17(27)15-11(18(12)31-2)4-3-5-13(15)26)19-14(10)20-21-22(7-25,34-19)23(8-32-23)24(35-20,36-21)9-33-37(28,29)30/h6,20-21,25,27H,3-5,7-9H2,1-2H3,(H2,28,29,30)/t20?,21?,22-,23+,24?/m1/s1. The number of Topliss-reactive ketones (excluding diaryl/α,β-unsaturated/α-hetero) is 1. The van der Waals surface area contributed by atoms with E-state index in [-0.39, 0.29) is 34.8 Å². The highest BCUT2D eigenvalue weighted by atomic mass is 31.2. The minimum absolute atomic E-state index is 0.0174. The van der Waals surface area contributed by atoms with Crippen LogP contribution >= 0.6 is 7.82 Å². The second kappa shape index (κ2) is 7.22. The van der Waals surface area contributed by atoms with E-state index in [4.69, 9.17) is 28.2 Å². The van der Waals surface area contributed by atoms with Gasteiger partial charge in [0.15, 0.2) is 17.0 Å². The van der Waals surface area contributed by atoms with Crippen LogP contribution in [-0.4, -0.2) is 75.8 Å². The lowest BCUT2D eigenvalue weighted by atomic mass is 9.72. The Morgan fingerprint density at radius 1 is 1.24 bits per heavy atom. The van der Waals surface area contributed by atoms with E-state index in [2.05, 4.69) is 0 Å². The number of fused-ring (bicyclic) bond motifs is 8. The molecule has 1 spiro atoms. The zero-order chi connectivity index (χ0) is 26.1. The molecule has 0 radical (unpaired) electrons. The quantitative estimate of drug-likeness (QED) is 0.321. The van der Waals surface area contributed by atoms with Crippen molar-refractivity contribution in [2.45, 2.75) is 55.4 Å². The number of aliphatic hydroxyl groups excluding tert-OH is 1. The lowest BCUT2D eigenvalue weighted by Gasteiger charge is -2.48. The van der Waals surface area contributed by atoms with Gasteiger partial charge in [0.2, 0.25) is 5.79 Å². The molecule has 3 saturated heterocycles. The number of benzene rings is 2. The fourth-order valence-corrected chi connectivity index (χ4v) is 7.20. The van der Waals surface area contributed by atoms with Crippen LogP contribution in [0.25, 0.3) is 10.8 Å². The minimum atomic E-state index is -4.88. The minimum Gasteiger partial charge on any atom is -0.506 e. The molecule has 3 fully saturated rings. The van der Waals surface area contributed by atoms with Crippen LogP contribution in [0.2, 0.25) is 0 Å². The number of methoxy groups -OCH3 is 1. The summed E-state index contributed by atoms with van der Waals surface area (Å²) < 4.78 is 46.8. The Kier molecular flexibility index (Phi) is 4.64. The van der Waals surface area contributed by atoms with Crippen LogP contribution in [0.15, 0.2) is 6.07 Å². The van der Waals surface area contributed by atoms with Crippen LogP contribution < -0.4 is 9.47 Å². The topological polar surface area (TPSA) is 174 Å². The van der Waals surface area contributed by atoms with Crippen molar-refractivity contribution in [1.82, 2.24) is 0 Å². The average molecular weight is 536 g/mol. The summed E-state index contributed by atoms with van der Waals surface area (Å²) in [5.74, 6) is -1.47. The smallest absolute Gasteiger partial charge is 0.469 e. The lowest BCUT2D eigenvalue weighted by Crippen LogP contribution is -2.69. The molecule has 0 amide bonds. The molecule has 5 atom stereocenters. The highest BCUT2D eigenvalue weighted by Crippen LogP contribution is 2.71. The first-order valence-corrected chi connectivity index (χ1v) is 13.5. The fraction of sp³-hybridized carbons (Fsp3) is 0.542. The van der Waals surface area contributed by atoms with Crippen molar-refractivity contribution in [1.29, 1.82) is 0 Å². The van der Waals surface area contributed by atoms with E-state index in [0.29, 0.717) is 47.1 Å². The van der Waals surface area contributed by atoms with Gasteiger partial charge in [0.05, 0.1) is 31.3 Å². The molecule has 4 heterocycles. The molecule has 0 aromatic heterocycles. The van der Waals surface area contributed by atoms with Gasteiger partial charge < -0.3 is 43.7 Å². The van der Waals surface area contributed by atoms with Crippen molar-refractivity contribution in [3.63, 3.8) is 0 Å². The first-order valence-electron chi connectivity index (χ1n) is 11.9. The summed E-state index contributed by atoms with van der Waals surface area (Å²) in [4.78, 5) is 31.5. The van der Waals surface area contributed by atoms with Crippen LogP contribution in [0.4, 0.5) is 0 Å². The third kappa shape index (κ3) is 2.72. The van der Waals surface area contributed by atoms with E-state index in [1.165, 1.54) is 7.11 Å². The van der Waals surface area contributed by atoms with E-state index in [1.807, 2.05) is 13.0 Å². The zero-order valence-corrected chi connectivity index (χ0v) is 20.9. The van der Waals surface area contributed by atoms with Gasteiger partial charge in [-0.1, -0.05) is 0 Å². The Labute approximate surface area is 210 Å². The van der Waals surface area contributed by atoms with Crippen LogP contribution in [0, 0.1) is 6.92 Å². The number of phosphoric acid groups is 1. The van der Waals surface area contributed by atoms with Crippen molar-refractivity contribution in [2.24, 2.45) is 0 Å². The van der Waals surface area contributed by atoms with Crippen LogP contribution in [0.1, 0.15) is 46.0 Å². The molecule has 4 aliphatic heterocycles. The monoisotopic (exact) mass is 536 g/mol. The van der Waals surface area contributed by atoms with Gasteiger partial charge in [-0.3, -0.25) is 9.32 Å². The first kappa shape index (κ1) is 23.8. The molecule has 1 aliphatic carbocycles. The van der Waals surface area contributed by atoms with Gasteiger partial charge in [-0.2, -0.15) is 0 Å². The van der Waals surface area contributed by atoms with Gasteiger partial charge in [0.1, 0.15) is 36.1 Å². The van der Waals surface area contributed by atoms with Gasteiger partial charge in [0.25, 0.3) is 0 Å². The largest absolute Gasteiger partial charge is 0.506 e. The van der Waals surface area contributed by atoms with Crippen molar-refractivity contribution in [3.05, 3.63) is 28.3 Å². The van der Waals surface area contributed by atoms with Crippen LogP contribution in [0.3, 0.4) is 0 Å². The van der Waals surface area contributed by atoms with Crippen molar-refractivity contribution < 1.29 is 57.6 Å². The Balaban J connectivity index is 1.49. The second-order valence-corrected chi connectivity index (χ2v) is 11.5. The van der Waals surface area contributed by atoms with Crippen molar-refractivity contribution in [3.8, 4) is 17.2 Å². The Hall–Kier alpha value is -2.28. The normalized spacial score (nSPS) is 35.0. The molecule has 37 heavy (non-hydrogen) atoms. The number of carbonyl (C=O) groups excluding carboxylic acids is 1. The van der Waals surface area contributed by atoms with Gasteiger partial charge in [-0.25, -0.2) is 4.57 Å². The number of phosphoric ester groups is 1. The van der Waals surface area contributed by atoms with E-state index < -0.39 is 50.2 Å². The van der Waals surface area contributed by atoms with Crippen LogP contribution in [-0.2, 0) is 29.7 Å². The van der Waals surface area contributed by atoms with Gasteiger partial charge in [0, 0.05) is 22.9 Å². The number of epoxide rings is 1. The predicted octanol–water partition coefficient (Wildman–Crippen LogP) is 1.55. The summed E-state index contributed by atoms with van der Waals surface area (Å²) in [6, 6.07) is 1.82. The number of aliphatic hydroxyl groups is 1. The molecule has 2 aromatic rings. The number of aryl methyl sites for hydroxylation is 1.